The largest absolute Gasteiger partial charge is 0.493 e. The van der Waals surface area contributed by atoms with Crippen LogP contribution in [0.5, 0.6) is 11.5 Å². The van der Waals surface area contributed by atoms with Crippen molar-refractivity contribution in [3.63, 3.8) is 0 Å². The molecule has 128 valence electrons. The van der Waals surface area contributed by atoms with E-state index in [-0.39, 0.29) is 18.6 Å². The van der Waals surface area contributed by atoms with E-state index in [1.165, 1.54) is 13.2 Å². The number of alkyl halides is 1. The number of benzene rings is 1. The maximum Gasteiger partial charge on any atom is 0.278 e. The highest BCUT2D eigenvalue weighted by Gasteiger charge is 2.22. The summed E-state index contributed by atoms with van der Waals surface area (Å²) in [6.07, 6.45) is 2.55. The second kappa shape index (κ2) is 9.05. The monoisotopic (exact) mass is 389 g/mol. The molecular formula is C15H20BrNO6. The Morgan fingerprint density at radius 3 is 2.83 bits per heavy atom. The molecule has 1 heterocycles. The van der Waals surface area contributed by atoms with Crippen molar-refractivity contribution < 1.29 is 23.9 Å². The summed E-state index contributed by atoms with van der Waals surface area (Å²) in [6.45, 7) is 1.14. The predicted molar refractivity (Wildman–Crippen MR) is 87.3 cm³/mol. The fourth-order valence-electron chi connectivity index (χ4n) is 2.32. The minimum absolute atomic E-state index is 0.0498. The Labute approximate surface area is 143 Å². The van der Waals surface area contributed by atoms with Crippen LogP contribution in [0.3, 0.4) is 0 Å². The van der Waals surface area contributed by atoms with Crippen LogP contribution in [-0.4, -0.2) is 36.9 Å². The summed E-state index contributed by atoms with van der Waals surface area (Å²) in [7, 11) is 1.50. The normalized spacial score (nSPS) is 17.7. The molecular weight excluding hydrogens is 370 g/mol. The molecule has 0 saturated carbocycles. The number of ether oxygens (including phenoxy) is 4. The van der Waals surface area contributed by atoms with Crippen LogP contribution in [0.15, 0.2) is 12.1 Å². The van der Waals surface area contributed by atoms with Crippen LogP contribution >= 0.6 is 15.9 Å². The second-order valence-corrected chi connectivity index (χ2v) is 5.83. The quantitative estimate of drug-likeness (QED) is 0.385. The van der Waals surface area contributed by atoms with Gasteiger partial charge >= 0.3 is 0 Å². The Balaban J connectivity index is 2.16. The highest BCUT2D eigenvalue weighted by Crippen LogP contribution is 2.35. The molecule has 1 aromatic carbocycles. The van der Waals surface area contributed by atoms with Crippen LogP contribution in [0.1, 0.15) is 24.8 Å². The van der Waals surface area contributed by atoms with E-state index in [0.717, 1.165) is 19.3 Å². The smallest absolute Gasteiger partial charge is 0.278 e. The number of nitro benzene ring substituents is 1. The second-order valence-electron chi connectivity index (χ2n) is 5.03. The minimum Gasteiger partial charge on any atom is -0.493 e. The summed E-state index contributed by atoms with van der Waals surface area (Å²) >= 11 is 3.25. The number of nitrogens with zero attached hydrogens (tertiary/aromatic N) is 1. The van der Waals surface area contributed by atoms with E-state index < -0.39 is 4.92 Å². The molecule has 0 bridgehead atoms. The highest BCUT2D eigenvalue weighted by molar-refractivity contribution is 9.09. The molecule has 1 unspecified atom stereocenters. The molecule has 0 radical (unpaired) electrons. The first kappa shape index (κ1) is 18.0. The molecule has 8 heteroatoms. The summed E-state index contributed by atoms with van der Waals surface area (Å²) in [5, 5.41) is 11.9. The van der Waals surface area contributed by atoms with Gasteiger partial charge in [0.25, 0.3) is 5.69 Å². The Morgan fingerprint density at radius 1 is 1.39 bits per heavy atom. The minimum atomic E-state index is -0.444. The molecule has 1 saturated heterocycles. The fraction of sp³-hybridized carbons (Fsp3) is 0.600. The molecule has 0 aromatic heterocycles. The van der Waals surface area contributed by atoms with Gasteiger partial charge in [-0.15, -0.1) is 0 Å². The summed E-state index contributed by atoms with van der Waals surface area (Å²) in [5.41, 5.74) is 0.387. The van der Waals surface area contributed by atoms with Crippen LogP contribution in [0.4, 0.5) is 5.69 Å². The van der Waals surface area contributed by atoms with E-state index in [1.54, 1.807) is 6.07 Å². The SMILES string of the molecule is COc1cc(COC2CCCCO2)c([N+](=O)[O-])cc1OCCBr. The number of hydrogen-bond donors (Lipinski definition) is 0. The highest BCUT2D eigenvalue weighted by atomic mass is 79.9. The molecule has 1 aliphatic heterocycles. The van der Waals surface area contributed by atoms with Crippen LogP contribution in [-0.2, 0) is 16.1 Å². The third-order valence-electron chi connectivity index (χ3n) is 3.46. The molecule has 0 N–H and O–H groups in total. The van der Waals surface area contributed by atoms with Gasteiger partial charge in [-0.3, -0.25) is 10.1 Å². The molecule has 23 heavy (non-hydrogen) atoms. The van der Waals surface area contributed by atoms with Gasteiger partial charge in [0.1, 0.15) is 0 Å². The van der Waals surface area contributed by atoms with Crippen LogP contribution in [0, 0.1) is 10.1 Å². The Kier molecular flexibility index (Phi) is 7.07. The van der Waals surface area contributed by atoms with Crippen molar-refractivity contribution in [2.24, 2.45) is 0 Å². The molecule has 1 atom stereocenters. The lowest BCUT2D eigenvalue weighted by molar-refractivity contribution is -0.386. The number of methoxy groups -OCH3 is 1. The maximum atomic E-state index is 11.3. The Morgan fingerprint density at radius 2 is 2.22 bits per heavy atom. The third kappa shape index (κ3) is 5.05. The average molecular weight is 390 g/mol. The van der Waals surface area contributed by atoms with Gasteiger partial charge in [-0.05, 0) is 25.3 Å². The van der Waals surface area contributed by atoms with Crippen molar-refractivity contribution >= 4 is 21.6 Å². The lowest BCUT2D eigenvalue weighted by Crippen LogP contribution is -2.22. The summed E-state index contributed by atoms with van der Waals surface area (Å²) in [4.78, 5) is 10.9. The van der Waals surface area contributed by atoms with Crippen molar-refractivity contribution in [3.8, 4) is 11.5 Å². The van der Waals surface area contributed by atoms with Gasteiger partial charge in [0.15, 0.2) is 17.8 Å². The fourth-order valence-corrected chi connectivity index (χ4v) is 2.48. The molecule has 0 aliphatic carbocycles. The maximum absolute atomic E-state index is 11.3. The third-order valence-corrected chi connectivity index (χ3v) is 3.78. The number of hydrogen-bond acceptors (Lipinski definition) is 6. The molecule has 7 nitrogen and oxygen atoms in total. The predicted octanol–water partition coefficient (Wildman–Crippen LogP) is 3.42. The van der Waals surface area contributed by atoms with E-state index in [0.29, 0.717) is 35.6 Å². The van der Waals surface area contributed by atoms with Crippen LogP contribution in [0.25, 0.3) is 0 Å². The zero-order valence-corrected chi connectivity index (χ0v) is 14.5. The van der Waals surface area contributed by atoms with Gasteiger partial charge in [-0.1, -0.05) is 15.9 Å². The Bertz CT molecular complexity index is 533. The molecule has 1 aliphatic rings. The van der Waals surface area contributed by atoms with Gasteiger partial charge in [-0.2, -0.15) is 0 Å². The van der Waals surface area contributed by atoms with Crippen molar-refractivity contribution in [2.75, 3.05) is 25.7 Å². The topological polar surface area (TPSA) is 80.1 Å². The van der Waals surface area contributed by atoms with E-state index in [4.69, 9.17) is 18.9 Å². The van der Waals surface area contributed by atoms with Gasteiger partial charge in [-0.25, -0.2) is 0 Å². The number of rotatable bonds is 8. The molecule has 1 fully saturated rings. The van der Waals surface area contributed by atoms with E-state index in [2.05, 4.69) is 15.9 Å². The summed E-state index contributed by atoms with van der Waals surface area (Å²) in [5.74, 6) is 0.788. The van der Waals surface area contributed by atoms with Gasteiger partial charge < -0.3 is 18.9 Å². The van der Waals surface area contributed by atoms with Crippen LogP contribution < -0.4 is 9.47 Å². The van der Waals surface area contributed by atoms with Gasteiger partial charge in [0.05, 0.1) is 36.9 Å². The Hall–Kier alpha value is -1.38. The average Bonchev–Trinajstić information content (AvgIpc) is 2.58. The van der Waals surface area contributed by atoms with Crippen LogP contribution in [0.2, 0.25) is 0 Å². The number of halogens is 1. The first-order valence-corrected chi connectivity index (χ1v) is 8.55. The van der Waals surface area contributed by atoms with Crippen molar-refractivity contribution in [3.05, 3.63) is 27.8 Å². The lowest BCUT2D eigenvalue weighted by Gasteiger charge is -2.22. The first-order chi connectivity index (χ1) is 11.2. The zero-order chi connectivity index (χ0) is 16.7. The van der Waals surface area contributed by atoms with Crippen molar-refractivity contribution in [1.82, 2.24) is 0 Å². The molecule has 2 rings (SSSR count). The zero-order valence-electron chi connectivity index (χ0n) is 13.0. The van der Waals surface area contributed by atoms with E-state index in [9.17, 15) is 10.1 Å². The first-order valence-electron chi connectivity index (χ1n) is 7.43. The van der Waals surface area contributed by atoms with E-state index in [1.807, 2.05) is 0 Å². The van der Waals surface area contributed by atoms with Crippen molar-refractivity contribution in [1.29, 1.82) is 0 Å². The van der Waals surface area contributed by atoms with Gasteiger partial charge in [0.2, 0.25) is 0 Å². The molecule has 1 aromatic rings. The molecule has 0 spiro atoms. The summed E-state index contributed by atoms with van der Waals surface area (Å²) < 4.78 is 21.9. The van der Waals surface area contributed by atoms with Gasteiger partial charge in [0, 0.05) is 11.9 Å². The van der Waals surface area contributed by atoms with Crippen molar-refractivity contribution in [2.45, 2.75) is 32.2 Å². The standard InChI is InChI=1S/C15H20BrNO6/c1-20-13-8-11(10-23-15-4-2-3-6-22-15)12(17(18)19)9-14(13)21-7-5-16/h8-9,15H,2-7,10H2,1H3. The number of nitro groups is 1. The summed E-state index contributed by atoms with van der Waals surface area (Å²) in [6, 6.07) is 2.96. The molecule has 0 amide bonds. The lowest BCUT2D eigenvalue weighted by atomic mass is 10.1. The van der Waals surface area contributed by atoms with E-state index >= 15 is 0 Å².